The van der Waals surface area contributed by atoms with E-state index in [-0.39, 0.29) is 0 Å². The second-order valence-corrected chi connectivity index (χ2v) is 6.45. The highest BCUT2D eigenvalue weighted by Crippen LogP contribution is 2.35. The van der Waals surface area contributed by atoms with E-state index in [2.05, 4.69) is 35.3 Å². The summed E-state index contributed by atoms with van der Waals surface area (Å²) >= 11 is 0. The Bertz CT molecular complexity index is 448. The maximum Gasteiger partial charge on any atom is 0.119 e. The molecule has 0 radical (unpaired) electrons. The van der Waals surface area contributed by atoms with E-state index < -0.39 is 0 Å². The molecule has 1 aromatic carbocycles. The Kier molecular flexibility index (Phi) is 4.81. The van der Waals surface area contributed by atoms with Gasteiger partial charge in [-0.25, -0.2) is 0 Å². The number of hydrogen-bond acceptors (Lipinski definition) is 3. The smallest absolute Gasteiger partial charge is 0.119 e. The monoisotopic (exact) mass is 288 g/mol. The molecule has 2 heterocycles. The fourth-order valence-corrected chi connectivity index (χ4v) is 4.18. The van der Waals surface area contributed by atoms with Crippen LogP contribution in [0.2, 0.25) is 0 Å². The summed E-state index contributed by atoms with van der Waals surface area (Å²) in [6, 6.07) is 10.9. The van der Waals surface area contributed by atoms with E-state index in [9.17, 15) is 0 Å². The van der Waals surface area contributed by atoms with Gasteiger partial charge in [-0.15, -0.1) is 0 Å². The van der Waals surface area contributed by atoms with Gasteiger partial charge >= 0.3 is 0 Å². The van der Waals surface area contributed by atoms with Crippen LogP contribution in [0, 0.1) is 0 Å². The van der Waals surface area contributed by atoms with Crippen molar-refractivity contribution in [2.24, 2.45) is 0 Å². The van der Waals surface area contributed by atoms with Gasteiger partial charge < -0.3 is 10.1 Å². The zero-order valence-electron chi connectivity index (χ0n) is 13.3. The number of nitrogens with zero attached hydrogens (tertiary/aromatic N) is 1. The van der Waals surface area contributed by atoms with Crippen molar-refractivity contribution in [2.75, 3.05) is 20.2 Å². The zero-order valence-corrected chi connectivity index (χ0v) is 13.3. The lowest BCUT2D eigenvalue weighted by molar-refractivity contribution is 0.119. The van der Waals surface area contributed by atoms with E-state index in [1.54, 1.807) is 7.11 Å². The molecule has 3 rings (SSSR count). The van der Waals surface area contributed by atoms with Crippen molar-refractivity contribution in [3.8, 4) is 5.75 Å². The minimum absolute atomic E-state index is 0.751. The molecule has 2 unspecified atom stereocenters. The summed E-state index contributed by atoms with van der Waals surface area (Å²) < 4.78 is 5.32. The highest BCUT2D eigenvalue weighted by Gasteiger charge is 2.39. The highest BCUT2D eigenvalue weighted by atomic mass is 16.5. The van der Waals surface area contributed by atoms with Gasteiger partial charge in [-0.2, -0.15) is 0 Å². The third kappa shape index (κ3) is 3.41. The lowest BCUT2D eigenvalue weighted by Gasteiger charge is -2.39. The van der Waals surface area contributed by atoms with Crippen LogP contribution in [0.1, 0.15) is 38.2 Å². The fourth-order valence-electron chi connectivity index (χ4n) is 4.18. The topological polar surface area (TPSA) is 24.5 Å². The Morgan fingerprint density at radius 2 is 2.00 bits per heavy atom. The van der Waals surface area contributed by atoms with Crippen LogP contribution >= 0.6 is 0 Å². The van der Waals surface area contributed by atoms with Crippen LogP contribution in [-0.4, -0.2) is 43.2 Å². The molecule has 1 N–H and O–H groups in total. The first kappa shape index (κ1) is 14.9. The first-order valence-corrected chi connectivity index (χ1v) is 8.42. The summed E-state index contributed by atoms with van der Waals surface area (Å²) in [5, 5.41) is 3.65. The van der Waals surface area contributed by atoms with Crippen LogP contribution in [0.4, 0.5) is 0 Å². The van der Waals surface area contributed by atoms with Crippen molar-refractivity contribution in [3.63, 3.8) is 0 Å². The Balaban J connectivity index is 1.56. The van der Waals surface area contributed by atoms with Gasteiger partial charge in [0.15, 0.2) is 0 Å². The molecule has 3 nitrogen and oxygen atoms in total. The number of benzene rings is 1. The second-order valence-electron chi connectivity index (χ2n) is 6.45. The SMILES string of the molecule is CCNC1CC2CCC(C1)N2CCc1cccc(OC)c1. The van der Waals surface area contributed by atoms with E-state index in [1.165, 1.54) is 37.8 Å². The molecule has 116 valence electrons. The predicted octanol–water partition coefficient (Wildman–Crippen LogP) is 2.84. The maximum absolute atomic E-state index is 5.32. The van der Waals surface area contributed by atoms with Gasteiger partial charge in [0.1, 0.15) is 5.75 Å². The first-order valence-electron chi connectivity index (χ1n) is 8.42. The first-order chi connectivity index (χ1) is 10.3. The van der Waals surface area contributed by atoms with Crippen LogP contribution in [0.25, 0.3) is 0 Å². The molecule has 3 heteroatoms. The van der Waals surface area contributed by atoms with Crippen molar-refractivity contribution < 1.29 is 4.74 Å². The minimum Gasteiger partial charge on any atom is -0.497 e. The molecule has 1 aromatic rings. The van der Waals surface area contributed by atoms with Gasteiger partial charge in [0, 0.05) is 24.7 Å². The minimum atomic E-state index is 0.751. The largest absolute Gasteiger partial charge is 0.497 e. The Hall–Kier alpha value is -1.06. The molecule has 2 bridgehead atoms. The van der Waals surface area contributed by atoms with Gasteiger partial charge in [0.05, 0.1) is 7.11 Å². The van der Waals surface area contributed by atoms with Gasteiger partial charge in [0.2, 0.25) is 0 Å². The quantitative estimate of drug-likeness (QED) is 0.871. The number of methoxy groups -OCH3 is 1. The molecule has 2 aliphatic rings. The van der Waals surface area contributed by atoms with E-state index in [4.69, 9.17) is 4.74 Å². The molecule has 0 amide bonds. The average molecular weight is 288 g/mol. The summed E-state index contributed by atoms with van der Waals surface area (Å²) in [7, 11) is 1.74. The van der Waals surface area contributed by atoms with Gasteiger partial charge in [-0.05, 0) is 56.3 Å². The predicted molar refractivity (Wildman–Crippen MR) is 86.9 cm³/mol. The van der Waals surface area contributed by atoms with Crippen molar-refractivity contribution in [1.29, 1.82) is 0 Å². The van der Waals surface area contributed by atoms with Crippen molar-refractivity contribution in [1.82, 2.24) is 10.2 Å². The van der Waals surface area contributed by atoms with Gasteiger partial charge in [-0.1, -0.05) is 19.1 Å². The number of ether oxygens (including phenoxy) is 1. The zero-order chi connectivity index (χ0) is 14.7. The van der Waals surface area contributed by atoms with Crippen LogP contribution in [-0.2, 0) is 6.42 Å². The van der Waals surface area contributed by atoms with E-state index in [1.807, 2.05) is 6.07 Å². The van der Waals surface area contributed by atoms with Crippen molar-refractivity contribution >= 4 is 0 Å². The highest BCUT2D eigenvalue weighted by molar-refractivity contribution is 5.28. The number of hydrogen-bond donors (Lipinski definition) is 1. The van der Waals surface area contributed by atoms with Gasteiger partial charge in [0.25, 0.3) is 0 Å². The van der Waals surface area contributed by atoms with Crippen LogP contribution in [0.15, 0.2) is 24.3 Å². The second kappa shape index (κ2) is 6.80. The third-order valence-corrected chi connectivity index (χ3v) is 5.17. The fraction of sp³-hybridized carbons (Fsp3) is 0.667. The maximum atomic E-state index is 5.32. The molecular formula is C18H28N2O. The molecule has 2 atom stereocenters. The summed E-state index contributed by atoms with van der Waals surface area (Å²) in [5.74, 6) is 0.973. The summed E-state index contributed by atoms with van der Waals surface area (Å²) in [5.41, 5.74) is 1.39. The molecule has 2 aliphatic heterocycles. The Morgan fingerprint density at radius 3 is 2.67 bits per heavy atom. The average Bonchev–Trinajstić information content (AvgIpc) is 2.75. The molecule has 0 spiro atoms. The molecule has 2 fully saturated rings. The summed E-state index contributed by atoms with van der Waals surface area (Å²) in [6.45, 7) is 4.52. The number of piperidine rings is 1. The van der Waals surface area contributed by atoms with Gasteiger partial charge in [-0.3, -0.25) is 4.90 Å². The van der Waals surface area contributed by atoms with Crippen LogP contribution in [0.3, 0.4) is 0 Å². The van der Waals surface area contributed by atoms with Crippen LogP contribution < -0.4 is 10.1 Å². The Morgan fingerprint density at radius 1 is 1.24 bits per heavy atom. The van der Waals surface area contributed by atoms with Crippen LogP contribution in [0.5, 0.6) is 5.75 Å². The molecule has 0 aromatic heterocycles. The van der Waals surface area contributed by atoms with E-state index >= 15 is 0 Å². The molecule has 0 saturated carbocycles. The Labute approximate surface area is 128 Å². The standard InChI is InChI=1S/C18H28N2O/c1-3-19-15-12-16-7-8-17(13-15)20(16)10-9-14-5-4-6-18(11-14)21-2/h4-6,11,15-17,19H,3,7-10,12-13H2,1-2H3. The van der Waals surface area contributed by atoms with E-state index in [0.29, 0.717) is 0 Å². The lowest BCUT2D eigenvalue weighted by atomic mass is 9.96. The number of fused-ring (bicyclic) bond motifs is 2. The summed E-state index contributed by atoms with van der Waals surface area (Å²) in [6.07, 6.45) is 6.59. The molecular weight excluding hydrogens is 260 g/mol. The molecule has 21 heavy (non-hydrogen) atoms. The van der Waals surface area contributed by atoms with Crippen molar-refractivity contribution in [3.05, 3.63) is 29.8 Å². The lowest BCUT2D eigenvalue weighted by Crippen LogP contribution is -2.49. The third-order valence-electron chi connectivity index (χ3n) is 5.17. The van der Waals surface area contributed by atoms with E-state index in [0.717, 1.165) is 36.8 Å². The normalized spacial score (nSPS) is 28.8. The summed E-state index contributed by atoms with van der Waals surface area (Å²) in [4.78, 5) is 2.77. The molecule has 2 saturated heterocycles. The van der Waals surface area contributed by atoms with Crippen molar-refractivity contribution in [2.45, 2.75) is 57.2 Å². The number of rotatable bonds is 6. The molecule has 0 aliphatic carbocycles. The number of nitrogens with one attached hydrogen (secondary N) is 1.